The number of halogens is 3. The van der Waals surface area contributed by atoms with E-state index in [0.29, 0.717) is 11.3 Å². The smallest absolute Gasteiger partial charge is 0.391 e. The molecule has 0 aliphatic heterocycles. The summed E-state index contributed by atoms with van der Waals surface area (Å²) in [6.45, 7) is 1.84. The van der Waals surface area contributed by atoms with Gasteiger partial charge in [0.05, 0.1) is 18.6 Å². The van der Waals surface area contributed by atoms with Crippen molar-refractivity contribution in [2.75, 3.05) is 7.11 Å². The minimum Gasteiger partial charge on any atom is -0.497 e. The quantitative estimate of drug-likeness (QED) is 0.893. The molecule has 1 aromatic rings. The lowest BCUT2D eigenvalue weighted by Crippen LogP contribution is -2.36. The van der Waals surface area contributed by atoms with Crippen molar-refractivity contribution in [1.82, 2.24) is 0 Å². The molecule has 1 aliphatic carbocycles. The van der Waals surface area contributed by atoms with Crippen LogP contribution in [-0.2, 0) is 5.60 Å². The van der Waals surface area contributed by atoms with Crippen LogP contribution >= 0.6 is 0 Å². The summed E-state index contributed by atoms with van der Waals surface area (Å²) in [6, 6.07) is 5.28. The van der Waals surface area contributed by atoms with Gasteiger partial charge in [-0.2, -0.15) is 13.2 Å². The molecule has 0 spiro atoms. The van der Waals surface area contributed by atoms with E-state index in [-0.39, 0.29) is 25.7 Å². The van der Waals surface area contributed by atoms with Crippen LogP contribution in [-0.4, -0.2) is 18.4 Å². The highest BCUT2D eigenvalue weighted by atomic mass is 19.4. The molecule has 0 radical (unpaired) electrons. The largest absolute Gasteiger partial charge is 0.497 e. The Kier molecular flexibility index (Phi) is 4.00. The highest BCUT2D eigenvalue weighted by Gasteiger charge is 2.46. The molecule has 20 heavy (non-hydrogen) atoms. The second-order valence-electron chi connectivity index (χ2n) is 5.53. The van der Waals surface area contributed by atoms with Gasteiger partial charge in [0.25, 0.3) is 0 Å². The molecule has 0 heterocycles. The van der Waals surface area contributed by atoms with Crippen molar-refractivity contribution in [1.29, 1.82) is 0 Å². The van der Waals surface area contributed by atoms with Crippen LogP contribution in [0, 0.1) is 12.8 Å². The van der Waals surface area contributed by atoms with Gasteiger partial charge in [-0.05, 0) is 55.9 Å². The van der Waals surface area contributed by atoms with Crippen LogP contribution in [0.4, 0.5) is 13.2 Å². The molecule has 0 bridgehead atoms. The van der Waals surface area contributed by atoms with Gasteiger partial charge in [-0.3, -0.25) is 0 Å². The van der Waals surface area contributed by atoms with Crippen molar-refractivity contribution in [3.63, 3.8) is 0 Å². The summed E-state index contributed by atoms with van der Waals surface area (Å²) < 4.78 is 43.1. The summed E-state index contributed by atoms with van der Waals surface area (Å²) in [5.74, 6) is -0.611. The molecule has 0 aromatic heterocycles. The summed E-state index contributed by atoms with van der Waals surface area (Å²) >= 11 is 0. The van der Waals surface area contributed by atoms with E-state index in [1.807, 2.05) is 6.92 Å². The highest BCUT2D eigenvalue weighted by molar-refractivity contribution is 5.38. The number of methoxy groups -OCH3 is 1. The van der Waals surface area contributed by atoms with Crippen molar-refractivity contribution in [3.8, 4) is 5.75 Å². The first-order valence-electron chi connectivity index (χ1n) is 6.70. The first-order chi connectivity index (χ1) is 9.26. The molecule has 112 valence electrons. The second-order valence-corrected chi connectivity index (χ2v) is 5.53. The molecule has 2 rings (SSSR count). The minimum atomic E-state index is -4.16. The number of benzene rings is 1. The Hall–Kier alpha value is -1.23. The molecule has 1 saturated carbocycles. The van der Waals surface area contributed by atoms with Gasteiger partial charge in [-0.25, -0.2) is 0 Å². The van der Waals surface area contributed by atoms with Gasteiger partial charge in [0.15, 0.2) is 0 Å². The Bertz CT molecular complexity index is 474. The third-order valence-corrected chi connectivity index (χ3v) is 4.21. The molecular weight excluding hydrogens is 269 g/mol. The van der Waals surface area contributed by atoms with Gasteiger partial charge in [0, 0.05) is 0 Å². The van der Waals surface area contributed by atoms with Crippen LogP contribution in [0.2, 0.25) is 0 Å². The Labute approximate surface area is 116 Å². The van der Waals surface area contributed by atoms with Crippen molar-refractivity contribution in [2.24, 2.45) is 5.92 Å². The van der Waals surface area contributed by atoms with E-state index in [2.05, 4.69) is 0 Å². The maximum absolute atomic E-state index is 12.7. The number of ether oxygens (including phenoxy) is 1. The lowest BCUT2D eigenvalue weighted by Gasteiger charge is -2.37. The molecule has 0 saturated heterocycles. The minimum absolute atomic E-state index is 0.0224. The SMILES string of the molecule is COc1ccc(C2(O)CCC(C(F)(F)F)CC2)c(C)c1. The van der Waals surface area contributed by atoms with Gasteiger partial charge in [-0.15, -0.1) is 0 Å². The van der Waals surface area contributed by atoms with Crippen molar-refractivity contribution in [3.05, 3.63) is 29.3 Å². The number of hydrogen-bond donors (Lipinski definition) is 1. The summed E-state index contributed by atoms with van der Waals surface area (Å²) in [5.41, 5.74) is 0.397. The molecule has 1 aliphatic rings. The third kappa shape index (κ3) is 2.92. The van der Waals surface area contributed by atoms with Gasteiger partial charge >= 0.3 is 6.18 Å². The summed E-state index contributed by atoms with van der Waals surface area (Å²) in [6.07, 6.45) is -3.91. The first-order valence-corrected chi connectivity index (χ1v) is 6.70. The fourth-order valence-electron chi connectivity index (χ4n) is 2.98. The lowest BCUT2D eigenvalue weighted by atomic mass is 9.74. The van der Waals surface area contributed by atoms with Crippen molar-refractivity contribution < 1.29 is 23.0 Å². The van der Waals surface area contributed by atoms with Crippen LogP contribution in [0.15, 0.2) is 18.2 Å². The normalized spacial score (nSPS) is 27.4. The predicted octanol–water partition coefficient (Wildman–Crippen LogP) is 3.94. The number of alkyl halides is 3. The lowest BCUT2D eigenvalue weighted by molar-refractivity contribution is -0.193. The molecule has 2 nitrogen and oxygen atoms in total. The molecule has 0 atom stereocenters. The van der Waals surface area contributed by atoms with Crippen LogP contribution in [0.5, 0.6) is 5.75 Å². The van der Waals surface area contributed by atoms with Crippen LogP contribution in [0.25, 0.3) is 0 Å². The fourth-order valence-corrected chi connectivity index (χ4v) is 2.98. The van der Waals surface area contributed by atoms with Gasteiger partial charge in [0.1, 0.15) is 5.75 Å². The van der Waals surface area contributed by atoms with Gasteiger partial charge < -0.3 is 9.84 Å². The van der Waals surface area contributed by atoms with E-state index < -0.39 is 17.7 Å². The maximum atomic E-state index is 12.7. The maximum Gasteiger partial charge on any atom is 0.391 e. The zero-order chi connectivity index (χ0) is 15.0. The van der Waals surface area contributed by atoms with Gasteiger partial charge in [0.2, 0.25) is 0 Å². The Morgan fingerprint density at radius 3 is 2.30 bits per heavy atom. The number of hydrogen-bond acceptors (Lipinski definition) is 2. The molecule has 1 N–H and O–H groups in total. The zero-order valence-corrected chi connectivity index (χ0v) is 11.6. The Morgan fingerprint density at radius 2 is 1.85 bits per heavy atom. The summed E-state index contributed by atoms with van der Waals surface area (Å²) in [7, 11) is 1.55. The second kappa shape index (κ2) is 5.28. The van der Waals surface area contributed by atoms with Gasteiger partial charge in [-0.1, -0.05) is 6.07 Å². The third-order valence-electron chi connectivity index (χ3n) is 4.21. The zero-order valence-electron chi connectivity index (χ0n) is 11.6. The predicted molar refractivity (Wildman–Crippen MR) is 69.6 cm³/mol. The average molecular weight is 288 g/mol. The molecule has 1 aromatic carbocycles. The van der Waals surface area contributed by atoms with E-state index in [0.717, 1.165) is 5.56 Å². The Balaban J connectivity index is 2.17. The van der Waals surface area contributed by atoms with Crippen molar-refractivity contribution in [2.45, 2.75) is 44.4 Å². The molecule has 5 heteroatoms. The van der Waals surface area contributed by atoms with E-state index in [9.17, 15) is 18.3 Å². The van der Waals surface area contributed by atoms with Crippen molar-refractivity contribution >= 4 is 0 Å². The van der Waals surface area contributed by atoms with Crippen LogP contribution in [0.1, 0.15) is 36.8 Å². The topological polar surface area (TPSA) is 29.5 Å². The van der Waals surface area contributed by atoms with E-state index in [1.54, 1.807) is 25.3 Å². The molecular formula is C15H19F3O2. The van der Waals surface area contributed by atoms with Crippen LogP contribution in [0.3, 0.4) is 0 Å². The summed E-state index contributed by atoms with van der Waals surface area (Å²) in [5, 5.41) is 10.7. The van der Waals surface area contributed by atoms with E-state index in [1.165, 1.54) is 0 Å². The van der Waals surface area contributed by atoms with Crippen LogP contribution < -0.4 is 4.74 Å². The Morgan fingerprint density at radius 1 is 1.25 bits per heavy atom. The average Bonchev–Trinajstić information content (AvgIpc) is 2.37. The number of aliphatic hydroxyl groups is 1. The molecule has 1 fully saturated rings. The molecule has 0 amide bonds. The fraction of sp³-hybridized carbons (Fsp3) is 0.600. The van der Waals surface area contributed by atoms with E-state index >= 15 is 0 Å². The first kappa shape index (κ1) is 15.2. The van der Waals surface area contributed by atoms with E-state index in [4.69, 9.17) is 4.74 Å². The number of rotatable bonds is 2. The monoisotopic (exact) mass is 288 g/mol. The molecule has 0 unspecified atom stereocenters. The summed E-state index contributed by atoms with van der Waals surface area (Å²) in [4.78, 5) is 0. The number of aryl methyl sites for hydroxylation is 1. The highest BCUT2D eigenvalue weighted by Crippen LogP contribution is 2.46. The standard InChI is InChI=1S/C15H19F3O2/c1-10-9-12(20-2)3-4-13(10)14(19)7-5-11(6-8-14)15(16,17)18/h3-4,9,11,19H,5-8H2,1-2H3.